The van der Waals surface area contributed by atoms with Crippen LogP contribution in [0.4, 0.5) is 0 Å². The molecular weight excluding hydrogens is 252 g/mol. The van der Waals surface area contributed by atoms with Crippen molar-refractivity contribution in [3.05, 3.63) is 28.8 Å². The smallest absolute Gasteiger partial charge is 0.119 e. The van der Waals surface area contributed by atoms with E-state index in [4.69, 9.17) is 16.3 Å². The number of hydrogen-bond acceptors (Lipinski definition) is 2. The van der Waals surface area contributed by atoms with Crippen LogP contribution in [-0.4, -0.2) is 12.4 Å². The molecule has 0 heterocycles. The predicted molar refractivity (Wildman–Crippen MR) is 78.5 cm³/mol. The molecule has 0 bridgehead atoms. The summed E-state index contributed by atoms with van der Waals surface area (Å²) in [7, 11) is 0. The van der Waals surface area contributed by atoms with Gasteiger partial charge in [0.05, 0.1) is 6.61 Å². The molecule has 0 aliphatic carbocycles. The third kappa shape index (κ3) is 4.44. The first-order chi connectivity index (χ1) is 8.08. The number of hydrogen-bond donors (Lipinski definition) is 1. The first kappa shape index (κ1) is 14.7. The Morgan fingerprint density at radius 2 is 2.06 bits per heavy atom. The van der Waals surface area contributed by atoms with Crippen molar-refractivity contribution in [1.29, 1.82) is 0 Å². The molecule has 0 saturated carbocycles. The Labute approximate surface area is 115 Å². The Morgan fingerprint density at radius 1 is 1.35 bits per heavy atom. The Morgan fingerprint density at radius 3 is 2.59 bits per heavy atom. The lowest BCUT2D eigenvalue weighted by Gasteiger charge is -2.19. The fourth-order valence-electron chi connectivity index (χ4n) is 1.57. The molecule has 0 aliphatic rings. The van der Waals surface area contributed by atoms with Crippen molar-refractivity contribution in [2.45, 2.75) is 27.2 Å². The zero-order valence-electron chi connectivity index (χ0n) is 10.7. The van der Waals surface area contributed by atoms with Gasteiger partial charge in [-0.25, -0.2) is 0 Å². The SMILES string of the molecule is CCc1cc(OCC(CS)C(C)C)ccc1Cl. The third-order valence-corrected chi connectivity index (χ3v) is 3.88. The average Bonchev–Trinajstić information content (AvgIpc) is 2.31. The molecule has 1 unspecified atom stereocenters. The van der Waals surface area contributed by atoms with Gasteiger partial charge in [-0.3, -0.25) is 0 Å². The lowest BCUT2D eigenvalue weighted by atomic mass is 9.99. The Kier molecular flexibility index (Phi) is 6.21. The van der Waals surface area contributed by atoms with E-state index in [1.807, 2.05) is 18.2 Å². The fraction of sp³-hybridized carbons (Fsp3) is 0.571. The molecule has 0 spiro atoms. The summed E-state index contributed by atoms with van der Waals surface area (Å²) in [5.74, 6) is 2.83. The number of benzene rings is 1. The molecule has 0 radical (unpaired) electrons. The Bertz CT molecular complexity index is 352. The highest BCUT2D eigenvalue weighted by Gasteiger charge is 2.12. The third-order valence-electron chi connectivity index (χ3n) is 3.04. The Balaban J connectivity index is 2.63. The quantitative estimate of drug-likeness (QED) is 0.751. The van der Waals surface area contributed by atoms with E-state index >= 15 is 0 Å². The van der Waals surface area contributed by atoms with Gasteiger partial charge < -0.3 is 4.74 Å². The predicted octanol–water partition coefficient (Wildman–Crippen LogP) is 4.48. The summed E-state index contributed by atoms with van der Waals surface area (Å²) in [5, 5.41) is 0.814. The highest BCUT2D eigenvalue weighted by atomic mass is 35.5. The number of halogens is 1. The summed E-state index contributed by atoms with van der Waals surface area (Å²) < 4.78 is 5.81. The molecule has 0 amide bonds. The van der Waals surface area contributed by atoms with Gasteiger partial charge in [0.15, 0.2) is 0 Å². The molecule has 0 fully saturated rings. The topological polar surface area (TPSA) is 9.23 Å². The summed E-state index contributed by atoms with van der Waals surface area (Å²) in [5.41, 5.74) is 1.14. The van der Waals surface area contributed by atoms with Crippen molar-refractivity contribution in [3.8, 4) is 5.75 Å². The second kappa shape index (κ2) is 7.17. The molecule has 0 saturated heterocycles. The van der Waals surface area contributed by atoms with E-state index in [-0.39, 0.29) is 0 Å². The van der Waals surface area contributed by atoms with E-state index in [0.717, 1.165) is 28.5 Å². The van der Waals surface area contributed by atoms with Gasteiger partial charge in [0.25, 0.3) is 0 Å². The van der Waals surface area contributed by atoms with E-state index in [2.05, 4.69) is 33.4 Å². The van der Waals surface area contributed by atoms with Gasteiger partial charge >= 0.3 is 0 Å². The standard InChI is InChI=1S/C14H21ClOS/c1-4-11-7-13(5-6-14(11)15)16-8-12(9-17)10(2)3/h5-7,10,12,17H,4,8-9H2,1-3H3. The average molecular weight is 273 g/mol. The van der Waals surface area contributed by atoms with Crippen LogP contribution in [0.1, 0.15) is 26.3 Å². The zero-order chi connectivity index (χ0) is 12.8. The molecule has 0 aliphatic heterocycles. The lowest BCUT2D eigenvalue weighted by Crippen LogP contribution is -2.19. The fourth-order valence-corrected chi connectivity index (χ4v) is 2.35. The van der Waals surface area contributed by atoms with Gasteiger partial charge in [0.2, 0.25) is 0 Å². The summed E-state index contributed by atoms with van der Waals surface area (Å²) in [6.45, 7) is 7.20. The van der Waals surface area contributed by atoms with Gasteiger partial charge in [-0.1, -0.05) is 32.4 Å². The summed E-state index contributed by atoms with van der Waals surface area (Å²) >= 11 is 10.4. The van der Waals surface area contributed by atoms with Gasteiger partial charge in [-0.15, -0.1) is 0 Å². The first-order valence-corrected chi connectivity index (χ1v) is 7.11. The zero-order valence-corrected chi connectivity index (χ0v) is 12.4. The molecule has 3 heteroatoms. The molecule has 1 atom stereocenters. The maximum Gasteiger partial charge on any atom is 0.119 e. The van der Waals surface area contributed by atoms with Gasteiger partial charge in [-0.2, -0.15) is 12.6 Å². The summed E-state index contributed by atoms with van der Waals surface area (Å²) in [6, 6.07) is 5.86. The van der Waals surface area contributed by atoms with Crippen LogP contribution in [0, 0.1) is 11.8 Å². The van der Waals surface area contributed by atoms with Crippen molar-refractivity contribution in [3.63, 3.8) is 0 Å². The molecule has 96 valence electrons. The second-order valence-electron chi connectivity index (χ2n) is 4.60. The monoisotopic (exact) mass is 272 g/mol. The van der Waals surface area contributed by atoms with Crippen LogP contribution in [0.5, 0.6) is 5.75 Å². The van der Waals surface area contributed by atoms with Crippen LogP contribution in [0.15, 0.2) is 18.2 Å². The minimum Gasteiger partial charge on any atom is -0.493 e. The first-order valence-electron chi connectivity index (χ1n) is 6.10. The van der Waals surface area contributed by atoms with E-state index < -0.39 is 0 Å². The van der Waals surface area contributed by atoms with E-state index in [0.29, 0.717) is 18.4 Å². The van der Waals surface area contributed by atoms with Crippen LogP contribution in [0.25, 0.3) is 0 Å². The van der Waals surface area contributed by atoms with Gasteiger partial charge in [0.1, 0.15) is 5.75 Å². The minimum absolute atomic E-state index is 0.485. The summed E-state index contributed by atoms with van der Waals surface area (Å²) in [4.78, 5) is 0. The Hall–Kier alpha value is -0.340. The van der Waals surface area contributed by atoms with Crippen molar-refractivity contribution in [2.24, 2.45) is 11.8 Å². The van der Waals surface area contributed by atoms with E-state index in [1.54, 1.807) is 0 Å². The molecule has 1 nitrogen and oxygen atoms in total. The highest BCUT2D eigenvalue weighted by molar-refractivity contribution is 7.80. The van der Waals surface area contributed by atoms with Crippen molar-refractivity contribution in [1.82, 2.24) is 0 Å². The van der Waals surface area contributed by atoms with Crippen LogP contribution < -0.4 is 4.74 Å². The summed E-state index contributed by atoms with van der Waals surface area (Å²) in [6.07, 6.45) is 0.927. The van der Waals surface area contributed by atoms with Crippen LogP contribution >= 0.6 is 24.2 Å². The van der Waals surface area contributed by atoms with Gasteiger partial charge in [0, 0.05) is 10.9 Å². The number of aryl methyl sites for hydroxylation is 1. The molecule has 1 aromatic rings. The number of thiol groups is 1. The molecule has 1 rings (SSSR count). The molecule has 1 aromatic carbocycles. The number of ether oxygens (including phenoxy) is 1. The molecule has 0 aromatic heterocycles. The lowest BCUT2D eigenvalue weighted by molar-refractivity contribution is 0.227. The van der Waals surface area contributed by atoms with Gasteiger partial charge in [-0.05, 0) is 41.9 Å². The van der Waals surface area contributed by atoms with Crippen molar-refractivity contribution < 1.29 is 4.74 Å². The highest BCUT2D eigenvalue weighted by Crippen LogP contribution is 2.23. The minimum atomic E-state index is 0.485. The normalized spacial score (nSPS) is 12.8. The van der Waals surface area contributed by atoms with Crippen molar-refractivity contribution in [2.75, 3.05) is 12.4 Å². The van der Waals surface area contributed by atoms with Crippen LogP contribution in [-0.2, 0) is 6.42 Å². The molecular formula is C14H21ClOS. The largest absolute Gasteiger partial charge is 0.493 e. The van der Waals surface area contributed by atoms with Crippen molar-refractivity contribution >= 4 is 24.2 Å². The maximum absolute atomic E-state index is 6.07. The molecule has 0 N–H and O–H groups in total. The van der Waals surface area contributed by atoms with Crippen LogP contribution in [0.2, 0.25) is 5.02 Å². The van der Waals surface area contributed by atoms with E-state index in [1.165, 1.54) is 0 Å². The van der Waals surface area contributed by atoms with E-state index in [9.17, 15) is 0 Å². The maximum atomic E-state index is 6.07. The second-order valence-corrected chi connectivity index (χ2v) is 5.38. The number of rotatable bonds is 6. The van der Waals surface area contributed by atoms with Crippen LogP contribution in [0.3, 0.4) is 0 Å². The molecule has 17 heavy (non-hydrogen) atoms.